The van der Waals surface area contributed by atoms with Gasteiger partial charge in [-0.3, -0.25) is 9.78 Å². The van der Waals surface area contributed by atoms with E-state index >= 15 is 0 Å². The lowest BCUT2D eigenvalue weighted by Crippen LogP contribution is -2.36. The van der Waals surface area contributed by atoms with Crippen molar-refractivity contribution in [3.05, 3.63) is 36.5 Å². The lowest BCUT2D eigenvalue weighted by Gasteiger charge is -2.18. The van der Waals surface area contributed by atoms with Crippen LogP contribution in [0.3, 0.4) is 0 Å². The van der Waals surface area contributed by atoms with E-state index in [4.69, 9.17) is 18.0 Å². The van der Waals surface area contributed by atoms with Crippen LogP contribution >= 0.6 is 12.2 Å². The van der Waals surface area contributed by atoms with E-state index in [1.807, 2.05) is 44.2 Å². The maximum atomic E-state index is 12.2. The van der Waals surface area contributed by atoms with Crippen molar-refractivity contribution in [2.24, 2.45) is 17.6 Å². The van der Waals surface area contributed by atoms with Crippen LogP contribution in [-0.2, 0) is 4.79 Å². The third-order valence-corrected chi connectivity index (χ3v) is 3.37. The maximum absolute atomic E-state index is 12.2. The van der Waals surface area contributed by atoms with Crippen LogP contribution in [-0.4, -0.2) is 15.9 Å². The fourth-order valence-electron chi connectivity index (χ4n) is 2.12. The minimum atomic E-state index is -0.475. The fourth-order valence-corrected chi connectivity index (χ4v) is 2.50. The number of nitrogens with one attached hydrogen (secondary N) is 1. The van der Waals surface area contributed by atoms with Crippen LogP contribution < -0.4 is 11.1 Å². The van der Waals surface area contributed by atoms with Crippen LogP contribution in [0.5, 0.6) is 0 Å². The van der Waals surface area contributed by atoms with Crippen molar-refractivity contribution in [1.29, 1.82) is 0 Å². The number of aromatic nitrogens is 1. The number of hydrogen-bond acceptors (Lipinski definition) is 3. The Balaban J connectivity index is 2.23. The van der Waals surface area contributed by atoms with Crippen molar-refractivity contribution >= 4 is 39.7 Å². The number of thiocarbonyl (C=S) groups is 1. The van der Waals surface area contributed by atoms with Gasteiger partial charge >= 0.3 is 0 Å². The zero-order chi connectivity index (χ0) is 14.7. The van der Waals surface area contributed by atoms with Crippen LogP contribution in [0.1, 0.15) is 13.8 Å². The zero-order valence-electron chi connectivity index (χ0n) is 11.5. The molecule has 0 saturated heterocycles. The molecule has 0 radical (unpaired) electrons. The van der Waals surface area contributed by atoms with Crippen molar-refractivity contribution < 1.29 is 4.79 Å². The average Bonchev–Trinajstić information content (AvgIpc) is 2.37. The SMILES string of the molecule is CC(C)C(C(=O)Nc1cnc2ccccc2c1)C(N)=S. The molecule has 1 amide bonds. The summed E-state index contributed by atoms with van der Waals surface area (Å²) in [4.78, 5) is 16.7. The lowest BCUT2D eigenvalue weighted by atomic mass is 9.95. The molecule has 5 heteroatoms. The molecule has 2 rings (SSSR count). The number of benzene rings is 1. The highest BCUT2D eigenvalue weighted by molar-refractivity contribution is 7.80. The van der Waals surface area contributed by atoms with Crippen LogP contribution in [0.4, 0.5) is 5.69 Å². The van der Waals surface area contributed by atoms with E-state index in [2.05, 4.69) is 10.3 Å². The normalized spacial score (nSPS) is 12.3. The third kappa shape index (κ3) is 3.11. The second-order valence-electron chi connectivity index (χ2n) is 5.03. The highest BCUT2D eigenvalue weighted by atomic mass is 32.1. The van der Waals surface area contributed by atoms with E-state index in [1.54, 1.807) is 6.20 Å². The summed E-state index contributed by atoms with van der Waals surface area (Å²) < 4.78 is 0. The second kappa shape index (κ2) is 5.96. The number of carbonyl (C=O) groups is 1. The summed E-state index contributed by atoms with van der Waals surface area (Å²) in [6, 6.07) is 9.62. The molecule has 0 aliphatic heterocycles. The van der Waals surface area contributed by atoms with Gasteiger partial charge in [-0.2, -0.15) is 0 Å². The Kier molecular flexibility index (Phi) is 4.29. The molecule has 3 N–H and O–H groups in total. The Morgan fingerprint density at radius 2 is 2.05 bits per heavy atom. The zero-order valence-corrected chi connectivity index (χ0v) is 12.3. The number of carbonyl (C=O) groups excluding carboxylic acids is 1. The number of nitrogens with zero attached hydrogens (tertiary/aromatic N) is 1. The number of nitrogens with two attached hydrogens (primary N) is 1. The predicted molar refractivity (Wildman–Crippen MR) is 85.5 cm³/mol. The van der Waals surface area contributed by atoms with Gasteiger partial charge in [-0.15, -0.1) is 0 Å². The first-order valence-electron chi connectivity index (χ1n) is 6.44. The summed E-state index contributed by atoms with van der Waals surface area (Å²) in [6.07, 6.45) is 1.64. The molecule has 2 aromatic rings. The van der Waals surface area contributed by atoms with Gasteiger partial charge in [-0.1, -0.05) is 44.3 Å². The van der Waals surface area contributed by atoms with Gasteiger partial charge in [0.25, 0.3) is 0 Å². The largest absolute Gasteiger partial charge is 0.393 e. The molecule has 0 bridgehead atoms. The van der Waals surface area contributed by atoms with Gasteiger partial charge in [0, 0.05) is 5.39 Å². The number of fused-ring (bicyclic) bond motifs is 1. The van der Waals surface area contributed by atoms with Crippen LogP contribution in [0.15, 0.2) is 36.5 Å². The highest BCUT2D eigenvalue weighted by Crippen LogP contribution is 2.18. The topological polar surface area (TPSA) is 68.0 Å². The van der Waals surface area contributed by atoms with E-state index in [0.717, 1.165) is 10.9 Å². The minimum absolute atomic E-state index is 0.0564. The van der Waals surface area contributed by atoms with Crippen LogP contribution in [0.2, 0.25) is 0 Å². The third-order valence-electron chi connectivity index (χ3n) is 3.11. The van der Waals surface area contributed by atoms with E-state index in [0.29, 0.717) is 5.69 Å². The summed E-state index contributed by atoms with van der Waals surface area (Å²) in [6.45, 7) is 3.84. The molecular formula is C15H17N3OS. The Hall–Kier alpha value is -2.01. The van der Waals surface area contributed by atoms with Gasteiger partial charge in [-0.05, 0) is 18.1 Å². The molecule has 1 unspecified atom stereocenters. The van der Waals surface area contributed by atoms with Gasteiger partial charge in [0.1, 0.15) is 0 Å². The van der Waals surface area contributed by atoms with E-state index in [1.165, 1.54) is 0 Å². The molecule has 1 aromatic carbocycles. The lowest BCUT2D eigenvalue weighted by molar-refractivity contribution is -0.118. The second-order valence-corrected chi connectivity index (χ2v) is 5.50. The number of para-hydroxylation sites is 1. The van der Waals surface area contributed by atoms with E-state index in [-0.39, 0.29) is 16.8 Å². The number of rotatable bonds is 4. The molecule has 0 spiro atoms. The number of anilines is 1. The number of amides is 1. The maximum Gasteiger partial charge on any atom is 0.234 e. The Morgan fingerprint density at radius 1 is 1.35 bits per heavy atom. The molecular weight excluding hydrogens is 270 g/mol. The molecule has 0 fully saturated rings. The summed E-state index contributed by atoms with van der Waals surface area (Å²) in [5.74, 6) is -0.609. The number of hydrogen-bond donors (Lipinski definition) is 2. The van der Waals surface area contributed by atoms with Crippen LogP contribution in [0, 0.1) is 11.8 Å². The van der Waals surface area contributed by atoms with Crippen LogP contribution in [0.25, 0.3) is 10.9 Å². The van der Waals surface area contributed by atoms with Crippen molar-refractivity contribution in [1.82, 2.24) is 4.98 Å². The molecule has 0 aliphatic rings. The first-order chi connectivity index (χ1) is 9.49. The first-order valence-corrected chi connectivity index (χ1v) is 6.85. The van der Waals surface area contributed by atoms with Gasteiger partial charge in [-0.25, -0.2) is 0 Å². The molecule has 104 valence electrons. The predicted octanol–water partition coefficient (Wildman–Crippen LogP) is 2.73. The molecule has 0 aliphatic carbocycles. The van der Waals surface area contributed by atoms with E-state index in [9.17, 15) is 4.79 Å². The van der Waals surface area contributed by atoms with Gasteiger partial charge < -0.3 is 11.1 Å². The first kappa shape index (κ1) is 14.4. The van der Waals surface area contributed by atoms with Crippen molar-refractivity contribution in [2.75, 3.05) is 5.32 Å². The molecule has 20 heavy (non-hydrogen) atoms. The Morgan fingerprint density at radius 3 is 2.70 bits per heavy atom. The average molecular weight is 287 g/mol. The standard InChI is InChI=1S/C15H17N3OS/c1-9(2)13(14(16)20)15(19)18-11-7-10-5-3-4-6-12(10)17-8-11/h3-9,13H,1-2H3,(H2,16,20)(H,18,19). The smallest absolute Gasteiger partial charge is 0.234 e. The van der Waals surface area contributed by atoms with Crippen molar-refractivity contribution in [2.45, 2.75) is 13.8 Å². The summed E-state index contributed by atoms with van der Waals surface area (Å²) in [5.41, 5.74) is 7.18. The van der Waals surface area contributed by atoms with Crippen molar-refractivity contribution in [3.63, 3.8) is 0 Å². The quantitative estimate of drug-likeness (QED) is 0.848. The minimum Gasteiger partial charge on any atom is -0.393 e. The molecule has 0 saturated carbocycles. The number of pyridine rings is 1. The Labute approximate surface area is 123 Å². The fraction of sp³-hybridized carbons (Fsp3) is 0.267. The van der Waals surface area contributed by atoms with E-state index < -0.39 is 5.92 Å². The highest BCUT2D eigenvalue weighted by Gasteiger charge is 2.25. The van der Waals surface area contributed by atoms with Gasteiger partial charge in [0.15, 0.2) is 0 Å². The molecule has 1 aromatic heterocycles. The summed E-state index contributed by atoms with van der Waals surface area (Å²) in [7, 11) is 0. The molecule has 1 heterocycles. The molecule has 4 nitrogen and oxygen atoms in total. The molecule has 1 atom stereocenters. The van der Waals surface area contributed by atoms with Gasteiger partial charge in [0.2, 0.25) is 5.91 Å². The summed E-state index contributed by atoms with van der Waals surface area (Å²) in [5, 5.41) is 3.80. The Bertz CT molecular complexity index is 654. The monoisotopic (exact) mass is 287 g/mol. The van der Waals surface area contributed by atoms with Gasteiger partial charge in [0.05, 0.1) is 28.3 Å². The summed E-state index contributed by atoms with van der Waals surface area (Å²) >= 11 is 4.96. The van der Waals surface area contributed by atoms with Crippen molar-refractivity contribution in [3.8, 4) is 0 Å².